The molecule has 0 radical (unpaired) electrons. The molecule has 0 unspecified atom stereocenters. The van der Waals surface area contributed by atoms with E-state index in [-0.39, 0.29) is 12.3 Å². The quantitative estimate of drug-likeness (QED) is 0.629. The first kappa shape index (κ1) is 17.7. The molecule has 1 aromatic rings. The average Bonchev–Trinajstić information content (AvgIpc) is 2.74. The summed E-state index contributed by atoms with van der Waals surface area (Å²) in [7, 11) is 0. The van der Waals surface area contributed by atoms with Crippen LogP contribution in [0.3, 0.4) is 0 Å². The normalized spacial score (nSPS) is 31.2. The number of hydrogen-bond acceptors (Lipinski definition) is 4. The summed E-state index contributed by atoms with van der Waals surface area (Å²) >= 11 is 0. The lowest BCUT2D eigenvalue weighted by Gasteiger charge is -2.31. The van der Waals surface area contributed by atoms with Crippen molar-refractivity contribution < 1.29 is 31.8 Å². The van der Waals surface area contributed by atoms with E-state index in [1.54, 1.807) is 6.92 Å². The maximum atomic E-state index is 13.4. The van der Waals surface area contributed by atoms with Crippen LogP contribution < -0.4 is 0 Å². The van der Waals surface area contributed by atoms with E-state index in [4.69, 9.17) is 9.47 Å². The largest absolute Gasteiger partial charge is 0.464 e. The third kappa shape index (κ3) is 3.04. The number of carbonyl (C=O) groups excluding carboxylic acids is 1. The van der Waals surface area contributed by atoms with Crippen molar-refractivity contribution in [3.05, 3.63) is 29.8 Å². The molecule has 1 fully saturated rings. The molecule has 8 heteroatoms. The maximum Gasteiger partial charge on any atom is 0.417 e. The monoisotopic (exact) mass is 335 g/mol. The van der Waals surface area contributed by atoms with Crippen LogP contribution in [-0.4, -0.2) is 35.4 Å². The van der Waals surface area contributed by atoms with Crippen molar-refractivity contribution in [2.24, 2.45) is 5.92 Å². The molecule has 1 aliphatic heterocycles. The number of ether oxygens (including phenoxy) is 2. The molecule has 1 aliphatic rings. The SMILES string of the molecule is CCOC(=O)[C@H]1O[C@@](C)(C(F)(F)F)[C@@H](C)[C@H]1c1ccc(F)cn1. The van der Waals surface area contributed by atoms with E-state index in [0.29, 0.717) is 0 Å². The van der Waals surface area contributed by atoms with Gasteiger partial charge in [0.2, 0.25) is 0 Å². The number of aromatic nitrogens is 1. The first-order valence-electron chi connectivity index (χ1n) is 7.14. The Morgan fingerprint density at radius 3 is 2.57 bits per heavy atom. The molecular weight excluding hydrogens is 318 g/mol. The van der Waals surface area contributed by atoms with Crippen LogP contribution in [0.25, 0.3) is 0 Å². The van der Waals surface area contributed by atoms with Gasteiger partial charge in [-0.25, -0.2) is 9.18 Å². The van der Waals surface area contributed by atoms with Gasteiger partial charge in [0.15, 0.2) is 11.7 Å². The molecule has 0 aromatic carbocycles. The van der Waals surface area contributed by atoms with E-state index in [1.807, 2.05) is 0 Å². The van der Waals surface area contributed by atoms with Crippen LogP contribution in [0.1, 0.15) is 32.4 Å². The predicted molar refractivity (Wildman–Crippen MR) is 72.1 cm³/mol. The van der Waals surface area contributed by atoms with Gasteiger partial charge in [-0.15, -0.1) is 0 Å². The van der Waals surface area contributed by atoms with E-state index < -0.39 is 41.5 Å². The van der Waals surface area contributed by atoms with Crippen LogP contribution in [-0.2, 0) is 14.3 Å². The summed E-state index contributed by atoms with van der Waals surface area (Å²) in [5.74, 6) is -3.59. The van der Waals surface area contributed by atoms with Crippen LogP contribution in [0.2, 0.25) is 0 Å². The highest BCUT2D eigenvalue weighted by Crippen LogP contribution is 2.53. The minimum Gasteiger partial charge on any atom is -0.464 e. The number of carbonyl (C=O) groups is 1. The van der Waals surface area contributed by atoms with E-state index in [2.05, 4.69) is 4.98 Å². The molecule has 0 amide bonds. The average molecular weight is 335 g/mol. The Balaban J connectivity index is 2.46. The topological polar surface area (TPSA) is 48.4 Å². The second kappa shape index (κ2) is 6.07. The molecule has 0 saturated carbocycles. The van der Waals surface area contributed by atoms with Gasteiger partial charge in [0.25, 0.3) is 0 Å². The molecule has 2 heterocycles. The molecule has 2 rings (SSSR count). The smallest absolute Gasteiger partial charge is 0.417 e. The first-order valence-corrected chi connectivity index (χ1v) is 7.14. The second-order valence-electron chi connectivity index (χ2n) is 5.61. The van der Waals surface area contributed by atoms with Gasteiger partial charge in [0.1, 0.15) is 5.82 Å². The van der Waals surface area contributed by atoms with E-state index in [9.17, 15) is 22.4 Å². The zero-order chi connectivity index (χ0) is 17.4. The van der Waals surface area contributed by atoms with Crippen LogP contribution >= 0.6 is 0 Å². The highest BCUT2D eigenvalue weighted by molar-refractivity contribution is 5.76. The molecule has 128 valence electrons. The lowest BCUT2D eigenvalue weighted by molar-refractivity contribution is -0.274. The molecule has 0 N–H and O–H groups in total. The summed E-state index contributed by atoms with van der Waals surface area (Å²) in [5.41, 5.74) is -2.37. The second-order valence-corrected chi connectivity index (χ2v) is 5.61. The molecule has 1 aromatic heterocycles. The van der Waals surface area contributed by atoms with E-state index >= 15 is 0 Å². The first-order chi connectivity index (χ1) is 10.6. The third-order valence-corrected chi connectivity index (χ3v) is 4.28. The highest BCUT2D eigenvalue weighted by atomic mass is 19.4. The van der Waals surface area contributed by atoms with Crippen LogP contribution in [0.4, 0.5) is 17.6 Å². The lowest BCUT2D eigenvalue weighted by Crippen LogP contribution is -2.47. The van der Waals surface area contributed by atoms with Crippen molar-refractivity contribution in [1.82, 2.24) is 4.98 Å². The molecule has 23 heavy (non-hydrogen) atoms. The summed E-state index contributed by atoms with van der Waals surface area (Å²) in [4.78, 5) is 15.9. The summed E-state index contributed by atoms with van der Waals surface area (Å²) in [6, 6.07) is 2.34. The van der Waals surface area contributed by atoms with Gasteiger partial charge < -0.3 is 9.47 Å². The number of nitrogens with zero attached hydrogens (tertiary/aromatic N) is 1. The van der Waals surface area contributed by atoms with Gasteiger partial charge in [0.05, 0.1) is 12.8 Å². The third-order valence-electron chi connectivity index (χ3n) is 4.28. The molecule has 0 spiro atoms. The van der Waals surface area contributed by atoms with Crippen molar-refractivity contribution in [2.75, 3.05) is 6.61 Å². The molecule has 4 nitrogen and oxygen atoms in total. The fourth-order valence-corrected chi connectivity index (χ4v) is 2.79. The van der Waals surface area contributed by atoms with Crippen molar-refractivity contribution in [2.45, 2.75) is 44.6 Å². The van der Waals surface area contributed by atoms with Gasteiger partial charge in [0, 0.05) is 17.5 Å². The van der Waals surface area contributed by atoms with Crippen LogP contribution in [0.5, 0.6) is 0 Å². The molecule has 1 saturated heterocycles. The summed E-state index contributed by atoms with van der Waals surface area (Å²) in [6.45, 7) is 3.79. The van der Waals surface area contributed by atoms with Gasteiger partial charge in [-0.3, -0.25) is 4.98 Å². The van der Waals surface area contributed by atoms with Gasteiger partial charge in [-0.2, -0.15) is 13.2 Å². The molecular formula is C15H17F4NO3. The van der Waals surface area contributed by atoms with Crippen molar-refractivity contribution in [3.63, 3.8) is 0 Å². The Morgan fingerprint density at radius 1 is 1.43 bits per heavy atom. The highest BCUT2D eigenvalue weighted by Gasteiger charge is 2.66. The number of pyridine rings is 1. The lowest BCUT2D eigenvalue weighted by atomic mass is 9.79. The summed E-state index contributed by atoms with van der Waals surface area (Å²) in [5, 5.41) is 0. The predicted octanol–water partition coefficient (Wildman–Crippen LogP) is 3.22. The summed E-state index contributed by atoms with van der Waals surface area (Å²) < 4.78 is 63.2. The Hall–Kier alpha value is -1.70. The van der Waals surface area contributed by atoms with Gasteiger partial charge in [-0.1, -0.05) is 6.92 Å². The Kier molecular flexibility index (Phi) is 4.66. The van der Waals surface area contributed by atoms with Crippen molar-refractivity contribution >= 4 is 5.97 Å². The number of esters is 1. The number of alkyl halides is 3. The minimum absolute atomic E-state index is 0.0133. The Labute approximate surface area is 130 Å². The Morgan fingerprint density at radius 2 is 2.09 bits per heavy atom. The van der Waals surface area contributed by atoms with E-state index in [1.165, 1.54) is 13.0 Å². The maximum absolute atomic E-state index is 13.4. The molecule has 0 aliphatic carbocycles. The van der Waals surface area contributed by atoms with Gasteiger partial charge >= 0.3 is 12.1 Å². The number of hydrogen-bond donors (Lipinski definition) is 0. The van der Waals surface area contributed by atoms with Gasteiger partial charge in [-0.05, 0) is 26.0 Å². The fraction of sp³-hybridized carbons (Fsp3) is 0.600. The number of rotatable bonds is 3. The van der Waals surface area contributed by atoms with Crippen molar-refractivity contribution in [3.8, 4) is 0 Å². The Bertz CT molecular complexity index is 575. The van der Waals surface area contributed by atoms with E-state index in [0.717, 1.165) is 19.2 Å². The molecule has 0 bridgehead atoms. The fourth-order valence-electron chi connectivity index (χ4n) is 2.79. The minimum atomic E-state index is -4.67. The number of halogens is 4. The van der Waals surface area contributed by atoms with Crippen LogP contribution in [0.15, 0.2) is 18.3 Å². The molecule has 4 atom stereocenters. The van der Waals surface area contributed by atoms with Crippen molar-refractivity contribution in [1.29, 1.82) is 0 Å². The zero-order valence-electron chi connectivity index (χ0n) is 12.9. The summed E-state index contributed by atoms with van der Waals surface area (Å²) in [6.07, 6.45) is -5.23. The standard InChI is InChI=1S/C15H17F4NO3/c1-4-22-13(21)12-11(10-6-5-9(16)7-20-10)8(2)14(3,23-12)15(17,18)19/h5-8,11-12H,4H2,1-3H3/t8-,11-,12-,14+/m0/s1. The zero-order valence-corrected chi connectivity index (χ0v) is 12.9. The van der Waals surface area contributed by atoms with Crippen LogP contribution in [0, 0.1) is 11.7 Å².